The first-order chi connectivity index (χ1) is 10.7. The predicted molar refractivity (Wildman–Crippen MR) is 86.7 cm³/mol. The van der Waals surface area contributed by atoms with Gasteiger partial charge >= 0.3 is 0 Å². The molecule has 120 valence electrons. The van der Waals surface area contributed by atoms with Crippen LogP contribution >= 0.6 is 0 Å². The van der Waals surface area contributed by atoms with Gasteiger partial charge < -0.3 is 14.6 Å². The van der Waals surface area contributed by atoms with Crippen molar-refractivity contribution in [2.45, 2.75) is 25.5 Å². The molecule has 1 fully saturated rings. The van der Waals surface area contributed by atoms with Crippen LogP contribution in [0.15, 0.2) is 24.3 Å². The number of nitrogens with zero attached hydrogens (tertiary/aromatic N) is 1. The third-order valence-corrected chi connectivity index (χ3v) is 3.74. The van der Waals surface area contributed by atoms with Crippen molar-refractivity contribution in [2.24, 2.45) is 5.92 Å². The molecule has 1 saturated carbocycles. The van der Waals surface area contributed by atoms with Crippen LogP contribution in [0, 0.1) is 18.3 Å². The number of rotatable bonds is 10. The second-order valence-corrected chi connectivity index (χ2v) is 5.86. The summed E-state index contributed by atoms with van der Waals surface area (Å²) in [6.45, 7) is 2.99. The van der Waals surface area contributed by atoms with Crippen molar-refractivity contribution in [1.82, 2.24) is 4.90 Å². The molecule has 4 nitrogen and oxygen atoms in total. The minimum absolute atomic E-state index is 0.248. The van der Waals surface area contributed by atoms with E-state index in [4.69, 9.17) is 15.9 Å². The topological polar surface area (TPSA) is 41.9 Å². The molecule has 0 heterocycles. The molecule has 2 rings (SSSR count). The van der Waals surface area contributed by atoms with Crippen LogP contribution in [0.1, 0.15) is 18.4 Å². The van der Waals surface area contributed by atoms with Crippen LogP contribution in [-0.4, -0.2) is 49.5 Å². The summed E-state index contributed by atoms with van der Waals surface area (Å²) in [4.78, 5) is 2.30. The number of aliphatic hydroxyl groups is 1. The predicted octanol–water partition coefficient (Wildman–Crippen LogP) is 1.92. The number of hydrogen-bond donors (Lipinski definition) is 1. The van der Waals surface area contributed by atoms with Crippen molar-refractivity contribution < 1.29 is 14.6 Å². The van der Waals surface area contributed by atoms with E-state index in [0.29, 0.717) is 6.54 Å². The number of ether oxygens (including phenoxy) is 2. The van der Waals surface area contributed by atoms with Crippen LogP contribution in [0.5, 0.6) is 5.75 Å². The van der Waals surface area contributed by atoms with E-state index < -0.39 is 6.10 Å². The second-order valence-electron chi connectivity index (χ2n) is 5.86. The Morgan fingerprint density at radius 3 is 2.68 bits per heavy atom. The summed E-state index contributed by atoms with van der Waals surface area (Å²) in [6.07, 6.45) is 7.22. The minimum atomic E-state index is -0.509. The zero-order valence-corrected chi connectivity index (χ0v) is 13.2. The van der Waals surface area contributed by atoms with Crippen molar-refractivity contribution in [1.29, 1.82) is 0 Å². The number of hydrogen-bond acceptors (Lipinski definition) is 4. The van der Waals surface area contributed by atoms with Crippen LogP contribution < -0.4 is 4.74 Å². The Bertz CT molecular complexity index is 476. The Morgan fingerprint density at radius 1 is 1.36 bits per heavy atom. The largest absolute Gasteiger partial charge is 0.497 e. The first-order valence-electron chi connectivity index (χ1n) is 7.75. The first-order valence-corrected chi connectivity index (χ1v) is 7.75. The lowest BCUT2D eigenvalue weighted by molar-refractivity contribution is 0.0251. The summed E-state index contributed by atoms with van der Waals surface area (Å²) < 4.78 is 10.4. The standard InChI is InChI=1S/C18H25NO3/c1-3-10-22-14-17(20)13-19(11-15-4-5-15)12-16-6-8-18(21-2)9-7-16/h1,6-9,15,17,20H,4-5,10-14H2,2H3/t17-/m0/s1. The average molecular weight is 303 g/mol. The highest BCUT2D eigenvalue weighted by Gasteiger charge is 2.25. The maximum atomic E-state index is 10.1. The highest BCUT2D eigenvalue weighted by atomic mass is 16.5. The molecular weight excluding hydrogens is 278 g/mol. The molecule has 0 bridgehead atoms. The van der Waals surface area contributed by atoms with Gasteiger partial charge in [0, 0.05) is 19.6 Å². The molecule has 0 aromatic heterocycles. The molecule has 4 heteroatoms. The van der Waals surface area contributed by atoms with Gasteiger partial charge in [-0.25, -0.2) is 0 Å². The smallest absolute Gasteiger partial charge is 0.118 e. The fraction of sp³-hybridized carbons (Fsp3) is 0.556. The summed E-state index contributed by atoms with van der Waals surface area (Å²) >= 11 is 0. The molecular formula is C18H25NO3. The molecule has 0 radical (unpaired) electrons. The van der Waals surface area contributed by atoms with E-state index in [9.17, 15) is 5.11 Å². The van der Waals surface area contributed by atoms with Crippen LogP contribution in [0.3, 0.4) is 0 Å². The van der Waals surface area contributed by atoms with Crippen molar-refractivity contribution in [2.75, 3.05) is 33.4 Å². The second kappa shape index (κ2) is 8.79. The summed E-state index contributed by atoms with van der Waals surface area (Å²) in [7, 11) is 1.67. The van der Waals surface area contributed by atoms with Crippen LogP contribution in [0.2, 0.25) is 0 Å². The number of methoxy groups -OCH3 is 1. The molecule has 0 spiro atoms. The SMILES string of the molecule is C#CCOC[C@@H](O)CN(Cc1ccc(OC)cc1)CC1CC1. The zero-order valence-electron chi connectivity index (χ0n) is 13.2. The third-order valence-electron chi connectivity index (χ3n) is 3.74. The lowest BCUT2D eigenvalue weighted by Gasteiger charge is -2.25. The maximum Gasteiger partial charge on any atom is 0.118 e. The molecule has 1 aliphatic carbocycles. The molecule has 22 heavy (non-hydrogen) atoms. The molecule has 1 aromatic carbocycles. The number of aliphatic hydroxyl groups excluding tert-OH is 1. The van der Waals surface area contributed by atoms with E-state index in [0.717, 1.165) is 24.8 Å². The van der Waals surface area contributed by atoms with Gasteiger partial charge in [0.2, 0.25) is 0 Å². The molecule has 1 atom stereocenters. The monoisotopic (exact) mass is 303 g/mol. The zero-order chi connectivity index (χ0) is 15.8. The highest BCUT2D eigenvalue weighted by molar-refractivity contribution is 5.27. The lowest BCUT2D eigenvalue weighted by atomic mass is 10.2. The van der Waals surface area contributed by atoms with Crippen molar-refractivity contribution in [3.63, 3.8) is 0 Å². The minimum Gasteiger partial charge on any atom is -0.497 e. The Labute approximate surface area is 133 Å². The third kappa shape index (κ3) is 6.07. The Kier molecular flexibility index (Phi) is 6.73. The summed E-state index contributed by atoms with van der Waals surface area (Å²) in [6, 6.07) is 8.08. The van der Waals surface area contributed by atoms with E-state index in [1.54, 1.807) is 7.11 Å². The van der Waals surface area contributed by atoms with Crippen LogP contribution in [-0.2, 0) is 11.3 Å². The van der Waals surface area contributed by atoms with Gasteiger partial charge in [-0.3, -0.25) is 4.90 Å². The first kappa shape index (κ1) is 16.8. The number of benzene rings is 1. The summed E-state index contributed by atoms with van der Waals surface area (Å²) in [5.41, 5.74) is 1.22. The lowest BCUT2D eigenvalue weighted by Crippen LogP contribution is -2.36. The van der Waals surface area contributed by atoms with Gasteiger partial charge in [-0.1, -0.05) is 18.1 Å². The Hall–Kier alpha value is -1.54. The summed E-state index contributed by atoms with van der Waals surface area (Å²) in [5, 5.41) is 10.1. The van der Waals surface area contributed by atoms with Gasteiger partial charge in [-0.05, 0) is 36.5 Å². The number of terminal acetylenes is 1. The molecule has 0 aliphatic heterocycles. The fourth-order valence-corrected chi connectivity index (χ4v) is 2.46. The van der Waals surface area contributed by atoms with Gasteiger partial charge in [-0.15, -0.1) is 6.42 Å². The van der Waals surface area contributed by atoms with E-state index in [1.165, 1.54) is 18.4 Å². The molecule has 1 N–H and O–H groups in total. The molecule has 1 aromatic rings. The van der Waals surface area contributed by atoms with Gasteiger partial charge in [0.1, 0.15) is 12.4 Å². The Morgan fingerprint density at radius 2 is 2.09 bits per heavy atom. The fourth-order valence-electron chi connectivity index (χ4n) is 2.46. The highest BCUT2D eigenvalue weighted by Crippen LogP contribution is 2.30. The van der Waals surface area contributed by atoms with Gasteiger partial charge in [-0.2, -0.15) is 0 Å². The van der Waals surface area contributed by atoms with Crippen molar-refractivity contribution in [3.8, 4) is 18.1 Å². The van der Waals surface area contributed by atoms with Crippen LogP contribution in [0.4, 0.5) is 0 Å². The maximum absolute atomic E-state index is 10.1. The van der Waals surface area contributed by atoms with E-state index >= 15 is 0 Å². The Balaban J connectivity index is 1.85. The molecule has 0 saturated heterocycles. The van der Waals surface area contributed by atoms with E-state index in [1.807, 2.05) is 12.1 Å². The molecule has 0 unspecified atom stereocenters. The van der Waals surface area contributed by atoms with Gasteiger partial charge in [0.05, 0.1) is 19.8 Å². The van der Waals surface area contributed by atoms with Crippen LogP contribution in [0.25, 0.3) is 0 Å². The van der Waals surface area contributed by atoms with E-state index in [2.05, 4.69) is 23.0 Å². The van der Waals surface area contributed by atoms with Gasteiger partial charge in [0.25, 0.3) is 0 Å². The average Bonchev–Trinajstić information content (AvgIpc) is 3.32. The normalized spacial score (nSPS) is 15.5. The van der Waals surface area contributed by atoms with Gasteiger partial charge in [0.15, 0.2) is 0 Å². The quantitative estimate of drug-likeness (QED) is 0.530. The molecule has 1 aliphatic rings. The van der Waals surface area contributed by atoms with Crippen molar-refractivity contribution in [3.05, 3.63) is 29.8 Å². The van der Waals surface area contributed by atoms with E-state index in [-0.39, 0.29) is 13.2 Å². The summed E-state index contributed by atoms with van der Waals surface area (Å²) in [5.74, 6) is 4.05. The molecule has 0 amide bonds. The van der Waals surface area contributed by atoms with Crippen molar-refractivity contribution >= 4 is 0 Å².